The molecule has 8 heteroatoms. The highest BCUT2D eigenvalue weighted by Gasteiger charge is 2.17. The molecule has 0 aliphatic heterocycles. The van der Waals surface area contributed by atoms with E-state index in [2.05, 4.69) is 21.2 Å². The van der Waals surface area contributed by atoms with E-state index >= 15 is 0 Å². The van der Waals surface area contributed by atoms with E-state index in [1.54, 1.807) is 24.3 Å². The van der Waals surface area contributed by atoms with Gasteiger partial charge in [-0.25, -0.2) is 8.42 Å². The van der Waals surface area contributed by atoms with Gasteiger partial charge < -0.3 is 10.4 Å². The molecule has 0 spiro atoms. The predicted molar refractivity (Wildman–Crippen MR) is 76.9 cm³/mol. The number of sulfone groups is 1. The Hall–Kier alpha value is -1.41. The molecule has 20 heavy (non-hydrogen) atoms. The highest BCUT2D eigenvalue weighted by Crippen LogP contribution is 2.13. The molecule has 0 unspecified atom stereocenters. The fourth-order valence-corrected chi connectivity index (χ4v) is 3.01. The van der Waals surface area contributed by atoms with Gasteiger partial charge >= 0.3 is 5.97 Å². The second-order valence-electron chi connectivity index (χ2n) is 4.15. The maximum Gasteiger partial charge on any atom is 0.305 e. The number of hydrogen-bond acceptors (Lipinski definition) is 4. The zero-order valence-corrected chi connectivity index (χ0v) is 12.9. The Kier molecular flexibility index (Phi) is 6.15. The summed E-state index contributed by atoms with van der Waals surface area (Å²) in [5.41, 5.74) is 0.589. The van der Waals surface area contributed by atoms with Crippen LogP contribution in [0.4, 0.5) is 0 Å². The zero-order chi connectivity index (χ0) is 15.2. The van der Waals surface area contributed by atoms with Crippen LogP contribution in [0.3, 0.4) is 0 Å². The monoisotopic (exact) mass is 363 g/mol. The molecule has 0 saturated heterocycles. The Morgan fingerprint density at radius 3 is 2.35 bits per heavy atom. The molecule has 110 valence electrons. The van der Waals surface area contributed by atoms with Crippen molar-refractivity contribution in [3.8, 4) is 0 Å². The van der Waals surface area contributed by atoms with Gasteiger partial charge in [0.05, 0.1) is 12.2 Å². The highest BCUT2D eigenvalue weighted by atomic mass is 79.9. The first kappa shape index (κ1) is 16.6. The number of benzene rings is 1. The first-order valence-corrected chi connectivity index (χ1v) is 8.33. The van der Waals surface area contributed by atoms with E-state index in [1.165, 1.54) is 0 Å². The SMILES string of the molecule is O=C(O)CCNC(=O)CS(=O)(=O)Cc1ccc(Br)cc1. The molecule has 0 saturated carbocycles. The molecule has 0 radical (unpaired) electrons. The molecule has 1 aromatic rings. The maximum absolute atomic E-state index is 11.8. The van der Waals surface area contributed by atoms with Crippen molar-refractivity contribution in [3.63, 3.8) is 0 Å². The molecular weight excluding hydrogens is 350 g/mol. The van der Waals surface area contributed by atoms with Gasteiger partial charge in [0.25, 0.3) is 0 Å². The van der Waals surface area contributed by atoms with Crippen molar-refractivity contribution in [2.45, 2.75) is 12.2 Å². The molecule has 2 N–H and O–H groups in total. The number of aliphatic carboxylic acids is 1. The molecule has 0 fully saturated rings. The fourth-order valence-electron chi connectivity index (χ4n) is 1.45. The number of hydrogen-bond donors (Lipinski definition) is 2. The lowest BCUT2D eigenvalue weighted by molar-refractivity contribution is -0.136. The van der Waals surface area contributed by atoms with Crippen molar-refractivity contribution < 1.29 is 23.1 Å². The second kappa shape index (κ2) is 7.39. The van der Waals surface area contributed by atoms with Gasteiger partial charge in [0.1, 0.15) is 5.75 Å². The van der Waals surface area contributed by atoms with Crippen LogP contribution in [0.1, 0.15) is 12.0 Å². The van der Waals surface area contributed by atoms with Crippen molar-refractivity contribution in [3.05, 3.63) is 34.3 Å². The molecule has 0 aliphatic carbocycles. The summed E-state index contributed by atoms with van der Waals surface area (Å²) in [6, 6.07) is 6.75. The van der Waals surface area contributed by atoms with Crippen LogP contribution < -0.4 is 5.32 Å². The van der Waals surface area contributed by atoms with Crippen LogP contribution >= 0.6 is 15.9 Å². The number of carbonyl (C=O) groups excluding carboxylic acids is 1. The standard InChI is InChI=1S/C12H14BrNO5S/c13-10-3-1-9(2-4-10)7-20(18,19)8-11(15)14-6-5-12(16)17/h1-4H,5-8H2,(H,14,15)(H,16,17). The lowest BCUT2D eigenvalue weighted by atomic mass is 10.2. The molecule has 1 amide bonds. The average Bonchev–Trinajstić information content (AvgIpc) is 2.30. The lowest BCUT2D eigenvalue weighted by Crippen LogP contribution is -2.32. The van der Waals surface area contributed by atoms with Gasteiger partial charge in [0.2, 0.25) is 5.91 Å². The van der Waals surface area contributed by atoms with Gasteiger partial charge in [-0.15, -0.1) is 0 Å². The summed E-state index contributed by atoms with van der Waals surface area (Å²) in [4.78, 5) is 21.7. The third-order valence-corrected chi connectivity index (χ3v) is 4.32. The molecule has 1 aromatic carbocycles. The van der Waals surface area contributed by atoms with E-state index in [0.717, 1.165) is 4.47 Å². The van der Waals surface area contributed by atoms with Crippen LogP contribution in [0.15, 0.2) is 28.7 Å². The van der Waals surface area contributed by atoms with E-state index in [4.69, 9.17) is 5.11 Å². The Bertz CT molecular complexity index is 582. The lowest BCUT2D eigenvalue weighted by Gasteiger charge is -2.06. The molecular formula is C12H14BrNO5S. The number of rotatable bonds is 7. The van der Waals surface area contributed by atoms with Gasteiger partial charge in [0.15, 0.2) is 9.84 Å². The average molecular weight is 364 g/mol. The van der Waals surface area contributed by atoms with E-state index in [0.29, 0.717) is 5.56 Å². The molecule has 6 nitrogen and oxygen atoms in total. The van der Waals surface area contributed by atoms with Gasteiger partial charge in [-0.3, -0.25) is 9.59 Å². The summed E-state index contributed by atoms with van der Waals surface area (Å²) >= 11 is 3.24. The smallest absolute Gasteiger partial charge is 0.305 e. The van der Waals surface area contributed by atoms with Crippen molar-refractivity contribution in [2.24, 2.45) is 0 Å². The number of carbonyl (C=O) groups is 2. The van der Waals surface area contributed by atoms with Gasteiger partial charge in [-0.05, 0) is 17.7 Å². The number of carboxylic acid groups (broad SMARTS) is 1. The Balaban J connectivity index is 2.50. The van der Waals surface area contributed by atoms with Gasteiger partial charge in [0, 0.05) is 11.0 Å². The third-order valence-electron chi connectivity index (χ3n) is 2.31. The van der Waals surface area contributed by atoms with Crippen molar-refractivity contribution in [1.29, 1.82) is 0 Å². The van der Waals surface area contributed by atoms with E-state index in [1.807, 2.05) is 0 Å². The largest absolute Gasteiger partial charge is 0.481 e. The quantitative estimate of drug-likeness (QED) is 0.751. The minimum atomic E-state index is -3.57. The molecule has 0 aromatic heterocycles. The molecule has 0 atom stereocenters. The van der Waals surface area contributed by atoms with Crippen LogP contribution in [0.5, 0.6) is 0 Å². The third kappa shape index (κ3) is 6.67. The summed E-state index contributed by atoms with van der Waals surface area (Å²) in [7, 11) is -3.57. The molecule has 0 heterocycles. The highest BCUT2D eigenvalue weighted by molar-refractivity contribution is 9.10. The number of nitrogens with one attached hydrogen (secondary N) is 1. The van der Waals surface area contributed by atoms with Crippen molar-refractivity contribution >= 4 is 37.6 Å². The summed E-state index contributed by atoms with van der Waals surface area (Å²) in [6.07, 6.45) is -0.238. The minimum Gasteiger partial charge on any atom is -0.481 e. The number of carboxylic acids is 1. The predicted octanol–water partition coefficient (Wildman–Crippen LogP) is 0.955. The van der Waals surface area contributed by atoms with Crippen LogP contribution in [-0.2, 0) is 25.2 Å². The Morgan fingerprint density at radius 2 is 1.80 bits per heavy atom. The van der Waals surface area contributed by atoms with Crippen molar-refractivity contribution in [1.82, 2.24) is 5.32 Å². The summed E-state index contributed by atoms with van der Waals surface area (Å²) in [5.74, 6) is -2.62. The molecule has 1 rings (SSSR count). The van der Waals surface area contributed by atoms with Crippen LogP contribution in [0, 0.1) is 0 Å². The van der Waals surface area contributed by atoms with Gasteiger partial charge in [-0.2, -0.15) is 0 Å². The first-order valence-electron chi connectivity index (χ1n) is 5.72. The fraction of sp³-hybridized carbons (Fsp3) is 0.333. The van der Waals surface area contributed by atoms with E-state index < -0.39 is 27.5 Å². The Morgan fingerprint density at radius 1 is 1.20 bits per heavy atom. The maximum atomic E-state index is 11.8. The summed E-state index contributed by atoms with van der Waals surface area (Å²) in [5, 5.41) is 10.7. The Labute approximate surface area is 125 Å². The van der Waals surface area contributed by atoms with Crippen LogP contribution in [0.2, 0.25) is 0 Å². The summed E-state index contributed by atoms with van der Waals surface area (Å²) < 4.78 is 24.4. The van der Waals surface area contributed by atoms with E-state index in [-0.39, 0.29) is 18.7 Å². The zero-order valence-electron chi connectivity index (χ0n) is 10.5. The van der Waals surface area contributed by atoms with Gasteiger partial charge in [-0.1, -0.05) is 28.1 Å². The number of amides is 1. The number of halogens is 1. The van der Waals surface area contributed by atoms with Crippen LogP contribution in [0.25, 0.3) is 0 Å². The normalized spacial score (nSPS) is 11.1. The van der Waals surface area contributed by atoms with E-state index in [9.17, 15) is 18.0 Å². The molecule has 0 aliphatic rings. The minimum absolute atomic E-state index is 0.0814. The second-order valence-corrected chi connectivity index (χ2v) is 7.13. The topological polar surface area (TPSA) is 101 Å². The molecule has 0 bridgehead atoms. The first-order chi connectivity index (χ1) is 9.28. The van der Waals surface area contributed by atoms with Crippen LogP contribution in [-0.4, -0.2) is 37.7 Å². The van der Waals surface area contributed by atoms with Crippen molar-refractivity contribution in [2.75, 3.05) is 12.3 Å². The summed E-state index contributed by atoms with van der Waals surface area (Å²) in [6.45, 7) is -0.0814.